The van der Waals surface area contributed by atoms with Crippen LogP contribution in [0.2, 0.25) is 0 Å². The van der Waals surface area contributed by atoms with Crippen molar-refractivity contribution in [3.05, 3.63) is 114 Å². The summed E-state index contributed by atoms with van der Waals surface area (Å²) in [7, 11) is 0. The molecule has 196 valence electrons. The van der Waals surface area contributed by atoms with E-state index in [1.165, 1.54) is 23.8 Å². The van der Waals surface area contributed by atoms with Gasteiger partial charge in [0.25, 0.3) is 5.91 Å². The lowest BCUT2D eigenvalue weighted by atomic mass is 10.0. The minimum Gasteiger partial charge on any atom is -0.489 e. The Labute approximate surface area is 221 Å². The predicted octanol–water partition coefficient (Wildman–Crippen LogP) is 5.93. The molecule has 1 aromatic heterocycles. The minimum absolute atomic E-state index is 0.0164. The van der Waals surface area contributed by atoms with E-state index in [9.17, 15) is 13.6 Å². The van der Waals surface area contributed by atoms with Crippen molar-refractivity contribution in [2.45, 2.75) is 32.0 Å². The maximum Gasteiger partial charge on any atom is 0.268 e. The maximum atomic E-state index is 14.6. The number of likely N-dealkylation sites (tertiary alicyclic amines) is 1. The molecule has 0 atom stereocenters. The van der Waals surface area contributed by atoms with Crippen molar-refractivity contribution in [2.75, 3.05) is 19.7 Å². The number of nitrogens with zero attached hydrogens (tertiary/aromatic N) is 2. The van der Waals surface area contributed by atoms with Crippen LogP contribution in [0, 0.1) is 11.6 Å². The van der Waals surface area contributed by atoms with Crippen molar-refractivity contribution in [3.8, 4) is 5.75 Å². The predicted molar refractivity (Wildman–Crippen MR) is 145 cm³/mol. The Morgan fingerprint density at radius 1 is 0.974 bits per heavy atom. The summed E-state index contributed by atoms with van der Waals surface area (Å²) in [6, 6.07) is 21.3. The first-order chi connectivity index (χ1) is 18.5. The van der Waals surface area contributed by atoms with Gasteiger partial charge in [-0.3, -0.25) is 9.69 Å². The van der Waals surface area contributed by atoms with Crippen LogP contribution in [-0.4, -0.2) is 41.1 Å². The van der Waals surface area contributed by atoms with Gasteiger partial charge in [-0.2, -0.15) is 0 Å². The molecule has 0 radical (unpaired) electrons. The zero-order valence-electron chi connectivity index (χ0n) is 21.2. The SMILES string of the molecule is C=CCOc1cccc2c1cc(C(=O)NC1CCN(Cc3ccccc3)CC1)n2Cc1c(F)cccc1F. The highest BCUT2D eigenvalue weighted by Crippen LogP contribution is 2.31. The van der Waals surface area contributed by atoms with Gasteiger partial charge in [0, 0.05) is 36.6 Å². The molecule has 1 aliphatic heterocycles. The van der Waals surface area contributed by atoms with E-state index >= 15 is 0 Å². The summed E-state index contributed by atoms with van der Waals surface area (Å²) in [6.07, 6.45) is 3.30. The molecule has 0 aliphatic carbocycles. The Morgan fingerprint density at radius 2 is 1.68 bits per heavy atom. The Balaban J connectivity index is 1.38. The fourth-order valence-electron chi connectivity index (χ4n) is 5.07. The normalized spacial score (nSPS) is 14.5. The number of aromatic nitrogens is 1. The third-order valence-corrected chi connectivity index (χ3v) is 7.04. The number of piperidine rings is 1. The topological polar surface area (TPSA) is 46.5 Å². The van der Waals surface area contributed by atoms with Gasteiger partial charge in [-0.1, -0.05) is 55.1 Å². The van der Waals surface area contributed by atoms with Crippen molar-refractivity contribution < 1.29 is 18.3 Å². The van der Waals surface area contributed by atoms with E-state index in [-0.39, 0.29) is 24.1 Å². The van der Waals surface area contributed by atoms with E-state index in [0.717, 1.165) is 32.5 Å². The van der Waals surface area contributed by atoms with Crippen LogP contribution in [-0.2, 0) is 13.1 Å². The number of amides is 1. The Hall–Kier alpha value is -3.97. The summed E-state index contributed by atoms with van der Waals surface area (Å²) in [5, 5.41) is 3.87. The van der Waals surface area contributed by atoms with E-state index in [2.05, 4.69) is 28.9 Å². The number of nitrogens with one attached hydrogen (secondary N) is 1. The van der Waals surface area contributed by atoms with Crippen LogP contribution in [0.5, 0.6) is 5.75 Å². The average molecular weight is 516 g/mol. The van der Waals surface area contributed by atoms with Crippen LogP contribution >= 0.6 is 0 Å². The highest BCUT2D eigenvalue weighted by Gasteiger charge is 2.25. The van der Waals surface area contributed by atoms with Crippen LogP contribution < -0.4 is 10.1 Å². The van der Waals surface area contributed by atoms with E-state index < -0.39 is 11.6 Å². The monoisotopic (exact) mass is 515 g/mol. The summed E-state index contributed by atoms with van der Waals surface area (Å²) in [6.45, 7) is 6.52. The first-order valence-corrected chi connectivity index (χ1v) is 12.9. The number of carbonyl (C=O) groups is 1. The molecule has 7 heteroatoms. The van der Waals surface area contributed by atoms with E-state index in [0.29, 0.717) is 29.0 Å². The van der Waals surface area contributed by atoms with E-state index in [1.54, 1.807) is 22.8 Å². The number of carbonyl (C=O) groups excluding carboxylic acids is 1. The molecule has 1 saturated heterocycles. The molecule has 2 heterocycles. The highest BCUT2D eigenvalue weighted by molar-refractivity contribution is 6.00. The van der Waals surface area contributed by atoms with Crippen molar-refractivity contribution in [1.29, 1.82) is 0 Å². The molecule has 1 aliphatic rings. The summed E-state index contributed by atoms with van der Waals surface area (Å²) in [5.74, 6) is -0.987. The number of fused-ring (bicyclic) bond motifs is 1. The lowest BCUT2D eigenvalue weighted by molar-refractivity contribution is 0.0900. The first kappa shape index (κ1) is 25.7. The van der Waals surface area contributed by atoms with Gasteiger partial charge in [0.05, 0.1) is 12.1 Å². The molecule has 0 bridgehead atoms. The molecule has 3 aromatic carbocycles. The Kier molecular flexibility index (Phi) is 7.84. The fraction of sp³-hybridized carbons (Fsp3) is 0.258. The van der Waals surface area contributed by atoms with Gasteiger partial charge >= 0.3 is 0 Å². The fourth-order valence-corrected chi connectivity index (χ4v) is 5.07. The van der Waals surface area contributed by atoms with Crippen LogP contribution in [0.1, 0.15) is 34.5 Å². The molecule has 1 fully saturated rings. The lowest BCUT2D eigenvalue weighted by Gasteiger charge is -2.32. The lowest BCUT2D eigenvalue weighted by Crippen LogP contribution is -2.44. The van der Waals surface area contributed by atoms with E-state index in [4.69, 9.17) is 4.74 Å². The second kappa shape index (κ2) is 11.6. The van der Waals surface area contributed by atoms with Gasteiger partial charge in [-0.25, -0.2) is 8.78 Å². The summed E-state index contributed by atoms with van der Waals surface area (Å²) in [5.41, 5.74) is 2.18. The zero-order chi connectivity index (χ0) is 26.5. The van der Waals surface area contributed by atoms with Crippen LogP contribution in [0.3, 0.4) is 0 Å². The summed E-state index contributed by atoms with van der Waals surface area (Å²) >= 11 is 0. The number of benzene rings is 3. The van der Waals surface area contributed by atoms with Crippen molar-refractivity contribution in [3.63, 3.8) is 0 Å². The van der Waals surface area contributed by atoms with Gasteiger partial charge in [-0.05, 0) is 48.7 Å². The maximum absolute atomic E-state index is 14.6. The third kappa shape index (κ3) is 5.63. The first-order valence-electron chi connectivity index (χ1n) is 12.9. The van der Waals surface area contributed by atoms with Gasteiger partial charge in [0.15, 0.2) is 0 Å². The molecule has 5 rings (SSSR count). The average Bonchev–Trinajstić information content (AvgIpc) is 3.30. The number of hydrogen-bond donors (Lipinski definition) is 1. The van der Waals surface area contributed by atoms with Gasteiger partial charge in [0.1, 0.15) is 29.7 Å². The molecule has 5 nitrogen and oxygen atoms in total. The van der Waals surface area contributed by atoms with Crippen LogP contribution in [0.15, 0.2) is 85.5 Å². The largest absolute Gasteiger partial charge is 0.489 e. The Morgan fingerprint density at radius 3 is 2.39 bits per heavy atom. The number of ether oxygens (including phenoxy) is 1. The zero-order valence-corrected chi connectivity index (χ0v) is 21.2. The van der Waals surface area contributed by atoms with Crippen molar-refractivity contribution in [1.82, 2.24) is 14.8 Å². The Bertz CT molecular complexity index is 1410. The standard InChI is InChI=1S/C31H31F2N3O2/c1-2-18-38-30-13-7-12-28-24(30)19-29(36(28)21-25-26(32)10-6-11-27(25)33)31(37)34-23-14-16-35(17-15-23)20-22-8-4-3-5-9-22/h2-13,19,23H,1,14-18,20-21H2,(H,34,37). The molecule has 1 N–H and O–H groups in total. The van der Waals surface area contributed by atoms with Crippen LogP contribution in [0.4, 0.5) is 8.78 Å². The second-order valence-corrected chi connectivity index (χ2v) is 9.61. The van der Waals surface area contributed by atoms with Crippen molar-refractivity contribution in [2.24, 2.45) is 0 Å². The molecule has 38 heavy (non-hydrogen) atoms. The quantitative estimate of drug-likeness (QED) is 0.281. The molecule has 0 unspecified atom stereocenters. The number of rotatable bonds is 9. The minimum atomic E-state index is -0.650. The number of halogens is 2. The third-order valence-electron chi connectivity index (χ3n) is 7.04. The van der Waals surface area contributed by atoms with Gasteiger partial charge in [0.2, 0.25) is 0 Å². The summed E-state index contributed by atoms with van der Waals surface area (Å²) < 4.78 is 36.7. The highest BCUT2D eigenvalue weighted by atomic mass is 19.1. The van der Waals surface area contributed by atoms with Gasteiger partial charge in [-0.15, -0.1) is 0 Å². The molecular formula is C31H31F2N3O2. The van der Waals surface area contributed by atoms with E-state index in [1.807, 2.05) is 30.3 Å². The molecule has 1 amide bonds. The second-order valence-electron chi connectivity index (χ2n) is 9.61. The van der Waals surface area contributed by atoms with Crippen LogP contribution in [0.25, 0.3) is 10.9 Å². The summed E-state index contributed by atoms with van der Waals surface area (Å²) in [4.78, 5) is 16.0. The van der Waals surface area contributed by atoms with Gasteiger partial charge < -0.3 is 14.6 Å². The number of hydrogen-bond acceptors (Lipinski definition) is 3. The molecule has 0 spiro atoms. The van der Waals surface area contributed by atoms with Crippen molar-refractivity contribution >= 4 is 16.8 Å². The molecule has 4 aromatic rings. The smallest absolute Gasteiger partial charge is 0.268 e. The molecule has 0 saturated carbocycles. The molecular weight excluding hydrogens is 484 g/mol.